The summed E-state index contributed by atoms with van der Waals surface area (Å²) >= 11 is 1.88. The summed E-state index contributed by atoms with van der Waals surface area (Å²) in [7, 11) is 0. The van der Waals surface area contributed by atoms with Crippen molar-refractivity contribution in [2.24, 2.45) is 0 Å². The molecule has 33 heavy (non-hydrogen) atoms. The van der Waals surface area contributed by atoms with E-state index in [4.69, 9.17) is 0 Å². The molecular weight excluding hydrogens is 418 g/mol. The maximum atomic E-state index is 3.70. The first-order valence-corrected chi connectivity index (χ1v) is 12.1. The molecule has 1 heterocycles. The molecule has 5 aromatic rings. The van der Waals surface area contributed by atoms with Crippen LogP contribution in [0.25, 0.3) is 11.1 Å². The van der Waals surface area contributed by atoms with E-state index in [1.54, 1.807) is 0 Å². The molecule has 0 amide bonds. The lowest BCUT2D eigenvalue weighted by Crippen LogP contribution is -2.32. The zero-order valence-corrected chi connectivity index (χ0v) is 18.8. The molecule has 0 atom stereocenters. The van der Waals surface area contributed by atoms with Crippen LogP contribution in [0.3, 0.4) is 0 Å². The summed E-state index contributed by atoms with van der Waals surface area (Å²) < 4.78 is 0. The minimum atomic E-state index is -0.321. The summed E-state index contributed by atoms with van der Waals surface area (Å²) in [6.07, 6.45) is 0. The first-order chi connectivity index (χ1) is 16.4. The second-order valence-electron chi connectivity index (χ2n) is 8.61. The molecule has 0 unspecified atom stereocenters. The fourth-order valence-corrected chi connectivity index (χ4v) is 6.91. The largest absolute Gasteiger partial charge is 0.355 e. The molecule has 7 rings (SSSR count). The van der Waals surface area contributed by atoms with Crippen LogP contribution in [0.15, 0.2) is 131 Å². The Labute approximate surface area is 198 Å². The van der Waals surface area contributed by atoms with Crippen LogP contribution in [-0.2, 0) is 5.41 Å². The van der Waals surface area contributed by atoms with E-state index in [1.807, 2.05) is 11.8 Å². The Balaban J connectivity index is 1.58. The molecule has 0 radical (unpaired) electrons. The van der Waals surface area contributed by atoms with Crippen LogP contribution < -0.4 is 5.32 Å². The zero-order chi connectivity index (χ0) is 21.8. The maximum Gasteiger partial charge on any atom is 0.0736 e. The standard InChI is InChI=1S/C31H21NS/c1-2-11-21(12-3-1)32-28-19-10-18-27-30(28)33-29-20-9-8-17-26(29)31(27)24-15-6-4-13-22(24)23-14-5-7-16-25(23)31/h1-20,32H. The van der Waals surface area contributed by atoms with Gasteiger partial charge >= 0.3 is 0 Å². The third-order valence-corrected chi connectivity index (χ3v) is 8.15. The SMILES string of the molecule is c1ccc(Nc2cccc3c2Sc2ccccc2C32c3ccccc3-c3ccccc32)cc1. The van der Waals surface area contributed by atoms with Crippen LogP contribution in [0.1, 0.15) is 22.3 Å². The molecule has 2 aliphatic rings. The van der Waals surface area contributed by atoms with E-state index in [2.05, 4.69) is 127 Å². The molecule has 0 aromatic heterocycles. The van der Waals surface area contributed by atoms with Gasteiger partial charge < -0.3 is 5.32 Å². The van der Waals surface area contributed by atoms with Gasteiger partial charge in [0.25, 0.3) is 0 Å². The fraction of sp³-hybridized carbons (Fsp3) is 0.0323. The van der Waals surface area contributed by atoms with E-state index in [0.717, 1.165) is 11.4 Å². The monoisotopic (exact) mass is 439 g/mol. The Kier molecular flexibility index (Phi) is 4.06. The van der Waals surface area contributed by atoms with Crippen molar-refractivity contribution in [2.75, 3.05) is 5.32 Å². The number of para-hydroxylation sites is 1. The van der Waals surface area contributed by atoms with Gasteiger partial charge in [-0.1, -0.05) is 109 Å². The Morgan fingerprint density at radius 1 is 0.485 bits per heavy atom. The van der Waals surface area contributed by atoms with Gasteiger partial charge in [0.2, 0.25) is 0 Å². The summed E-state index contributed by atoms with van der Waals surface area (Å²) in [6.45, 7) is 0. The first kappa shape index (κ1) is 18.8. The summed E-state index contributed by atoms with van der Waals surface area (Å²) in [5.41, 5.74) is 10.1. The van der Waals surface area contributed by atoms with E-state index in [9.17, 15) is 0 Å². The van der Waals surface area contributed by atoms with Crippen molar-refractivity contribution in [2.45, 2.75) is 15.2 Å². The van der Waals surface area contributed by atoms with Crippen molar-refractivity contribution in [1.82, 2.24) is 0 Å². The number of anilines is 2. The quantitative estimate of drug-likeness (QED) is 0.291. The van der Waals surface area contributed by atoms with Gasteiger partial charge in [0.1, 0.15) is 0 Å². The van der Waals surface area contributed by atoms with Crippen LogP contribution in [0, 0.1) is 0 Å². The number of nitrogens with one attached hydrogen (secondary N) is 1. The summed E-state index contributed by atoms with van der Waals surface area (Å²) in [5, 5.41) is 3.70. The number of hydrogen-bond acceptors (Lipinski definition) is 2. The normalized spacial score (nSPS) is 14.2. The Hall–Kier alpha value is -3.75. The van der Waals surface area contributed by atoms with Crippen molar-refractivity contribution in [1.29, 1.82) is 0 Å². The lowest BCUT2D eigenvalue weighted by molar-refractivity contribution is 0.723. The van der Waals surface area contributed by atoms with E-state index < -0.39 is 0 Å². The average Bonchev–Trinajstić information content (AvgIpc) is 3.17. The van der Waals surface area contributed by atoms with Gasteiger partial charge in [-0.25, -0.2) is 0 Å². The summed E-state index contributed by atoms with van der Waals surface area (Å²) in [5.74, 6) is 0. The van der Waals surface area contributed by atoms with E-state index in [0.29, 0.717) is 0 Å². The predicted molar refractivity (Wildman–Crippen MR) is 138 cm³/mol. The smallest absolute Gasteiger partial charge is 0.0736 e. The van der Waals surface area contributed by atoms with E-state index in [-0.39, 0.29) is 5.41 Å². The molecule has 1 spiro atoms. The molecule has 5 aromatic carbocycles. The maximum absolute atomic E-state index is 3.70. The second kappa shape index (κ2) is 7.13. The lowest BCUT2D eigenvalue weighted by atomic mass is 9.67. The molecule has 0 saturated heterocycles. The number of benzene rings is 5. The summed E-state index contributed by atoms with van der Waals surface area (Å²) in [4.78, 5) is 2.62. The Morgan fingerprint density at radius 2 is 1.06 bits per heavy atom. The topological polar surface area (TPSA) is 12.0 Å². The minimum absolute atomic E-state index is 0.321. The highest BCUT2D eigenvalue weighted by atomic mass is 32.2. The van der Waals surface area contributed by atoms with Gasteiger partial charge in [0.15, 0.2) is 0 Å². The fourth-order valence-electron chi connectivity index (χ4n) is 5.65. The number of rotatable bonds is 2. The minimum Gasteiger partial charge on any atom is -0.355 e. The molecule has 1 N–H and O–H groups in total. The molecule has 0 saturated carbocycles. The van der Waals surface area contributed by atoms with Gasteiger partial charge in [0.05, 0.1) is 11.1 Å². The van der Waals surface area contributed by atoms with E-state index >= 15 is 0 Å². The van der Waals surface area contributed by atoms with Gasteiger partial charge in [-0.05, 0) is 57.6 Å². The first-order valence-electron chi connectivity index (χ1n) is 11.3. The van der Waals surface area contributed by atoms with Crippen LogP contribution in [0.2, 0.25) is 0 Å². The molecular formula is C31H21NS. The Bertz CT molecular complexity index is 1470. The second-order valence-corrected chi connectivity index (χ2v) is 9.66. The summed E-state index contributed by atoms with van der Waals surface area (Å²) in [6, 6.07) is 44.0. The molecule has 2 heteroatoms. The predicted octanol–water partition coefficient (Wildman–Crippen LogP) is 8.26. The zero-order valence-electron chi connectivity index (χ0n) is 18.0. The average molecular weight is 440 g/mol. The van der Waals surface area contributed by atoms with Gasteiger partial charge in [0, 0.05) is 15.5 Å². The molecule has 0 fully saturated rings. The highest BCUT2D eigenvalue weighted by Gasteiger charge is 2.50. The van der Waals surface area contributed by atoms with Crippen molar-refractivity contribution < 1.29 is 0 Å². The Morgan fingerprint density at radius 3 is 1.79 bits per heavy atom. The van der Waals surface area contributed by atoms with Crippen molar-refractivity contribution in [3.63, 3.8) is 0 Å². The molecule has 1 nitrogen and oxygen atoms in total. The molecule has 1 aliphatic heterocycles. The number of hydrogen-bond donors (Lipinski definition) is 1. The van der Waals surface area contributed by atoms with Gasteiger partial charge in [-0.3, -0.25) is 0 Å². The third-order valence-electron chi connectivity index (χ3n) is 6.93. The number of fused-ring (bicyclic) bond motifs is 9. The van der Waals surface area contributed by atoms with E-state index in [1.165, 1.54) is 43.2 Å². The van der Waals surface area contributed by atoms with Crippen molar-refractivity contribution in [3.05, 3.63) is 144 Å². The third kappa shape index (κ3) is 2.56. The van der Waals surface area contributed by atoms with Gasteiger partial charge in [-0.2, -0.15) is 0 Å². The van der Waals surface area contributed by atoms with Crippen molar-refractivity contribution >= 4 is 23.1 Å². The van der Waals surface area contributed by atoms with Gasteiger partial charge in [-0.15, -0.1) is 0 Å². The molecule has 0 bridgehead atoms. The lowest BCUT2D eigenvalue weighted by Gasteiger charge is -2.40. The van der Waals surface area contributed by atoms with Crippen molar-refractivity contribution in [3.8, 4) is 11.1 Å². The van der Waals surface area contributed by atoms with Crippen LogP contribution >= 0.6 is 11.8 Å². The highest BCUT2D eigenvalue weighted by Crippen LogP contribution is 2.63. The highest BCUT2D eigenvalue weighted by molar-refractivity contribution is 7.99. The molecule has 1 aliphatic carbocycles. The molecule has 156 valence electrons. The van der Waals surface area contributed by atoms with Crippen LogP contribution in [-0.4, -0.2) is 0 Å². The van der Waals surface area contributed by atoms with Crippen LogP contribution in [0.4, 0.5) is 11.4 Å². The van der Waals surface area contributed by atoms with Crippen LogP contribution in [0.5, 0.6) is 0 Å².